The van der Waals surface area contributed by atoms with E-state index in [0.29, 0.717) is 13.0 Å². The first-order valence-electron chi connectivity index (χ1n) is 11.3. The topological polar surface area (TPSA) is 64.8 Å². The smallest absolute Gasteiger partial charge is 0.313 e. The molecular formula is C23H30F3N3O2S. The van der Waals surface area contributed by atoms with Crippen LogP contribution >= 0.6 is 0 Å². The molecule has 2 aromatic rings. The molecule has 176 valence electrons. The Labute approximate surface area is 187 Å². The Kier molecular flexibility index (Phi) is 6.15. The van der Waals surface area contributed by atoms with E-state index in [-0.39, 0.29) is 33.7 Å². The molecule has 32 heavy (non-hydrogen) atoms. The molecular weight excluding hydrogens is 439 g/mol. The molecule has 5 nitrogen and oxygen atoms in total. The number of sulfone groups is 1. The van der Waals surface area contributed by atoms with Crippen LogP contribution in [-0.2, 0) is 22.6 Å². The summed E-state index contributed by atoms with van der Waals surface area (Å²) in [6.07, 6.45) is 4.92. The molecule has 1 aromatic carbocycles. The summed E-state index contributed by atoms with van der Waals surface area (Å²) in [5.74, 6) is 0.723. The van der Waals surface area contributed by atoms with E-state index in [1.807, 2.05) is 0 Å². The Morgan fingerprint density at radius 3 is 2.28 bits per heavy atom. The maximum Gasteiger partial charge on any atom is 0.417 e. The van der Waals surface area contributed by atoms with Crippen LogP contribution in [0.1, 0.15) is 63.9 Å². The van der Waals surface area contributed by atoms with E-state index in [0.717, 1.165) is 51.0 Å². The van der Waals surface area contributed by atoms with Gasteiger partial charge in [0.2, 0.25) is 0 Å². The van der Waals surface area contributed by atoms with Crippen LogP contribution in [0.2, 0.25) is 0 Å². The molecule has 9 heteroatoms. The van der Waals surface area contributed by atoms with E-state index < -0.39 is 21.6 Å². The lowest BCUT2D eigenvalue weighted by Crippen LogP contribution is -2.43. The van der Waals surface area contributed by atoms with E-state index in [2.05, 4.69) is 10.2 Å². The highest BCUT2D eigenvalue weighted by Gasteiger charge is 2.48. The molecule has 1 aromatic heterocycles. The molecule has 0 radical (unpaired) electrons. The highest BCUT2D eigenvalue weighted by atomic mass is 32.2. The fourth-order valence-corrected chi connectivity index (χ4v) is 6.50. The van der Waals surface area contributed by atoms with Crippen molar-refractivity contribution in [2.75, 3.05) is 11.5 Å². The van der Waals surface area contributed by atoms with Gasteiger partial charge in [-0.3, -0.25) is 0 Å². The molecule has 1 heterocycles. The van der Waals surface area contributed by atoms with Gasteiger partial charge in [-0.2, -0.15) is 13.2 Å². The van der Waals surface area contributed by atoms with Gasteiger partial charge in [0.15, 0.2) is 5.82 Å². The Bertz CT molecular complexity index is 1040. The maximum absolute atomic E-state index is 13.5. The fraction of sp³-hybridized carbons (Fsp3) is 0.652. The highest BCUT2D eigenvalue weighted by Crippen LogP contribution is 2.59. The molecule has 3 aliphatic rings. The number of alkyl halides is 3. The summed E-state index contributed by atoms with van der Waals surface area (Å²) in [6.45, 7) is 2.30. The molecule has 0 unspecified atom stereocenters. The Morgan fingerprint density at radius 2 is 1.66 bits per heavy atom. The minimum Gasteiger partial charge on any atom is -0.313 e. The van der Waals surface area contributed by atoms with Crippen LogP contribution in [0.5, 0.6) is 0 Å². The van der Waals surface area contributed by atoms with Crippen LogP contribution < -0.4 is 0 Å². The quantitative estimate of drug-likeness (QED) is 0.511. The number of nitrogens with zero attached hydrogens (tertiary/aromatic N) is 3. The van der Waals surface area contributed by atoms with E-state index in [1.54, 1.807) is 23.9 Å². The molecule has 2 bridgehead atoms. The summed E-state index contributed by atoms with van der Waals surface area (Å²) in [5.41, 5.74) is -0.363. The standard InChI is InChI=1S/C23H30F3N3O2S/c1-2-32(30,31)15-5-8-21-9-12-22(13-10-21,14-11-21)16-29-17-27-28-20(29)18-6-3-4-7-19(18)23(24,25)26/h3-4,6-7,17H,2,5,8-16H2,1H3. The molecule has 0 spiro atoms. The van der Waals surface area contributed by atoms with Gasteiger partial charge in [0.25, 0.3) is 0 Å². The van der Waals surface area contributed by atoms with Crippen molar-refractivity contribution in [3.05, 3.63) is 36.2 Å². The number of halogens is 3. The first-order chi connectivity index (χ1) is 15.1. The van der Waals surface area contributed by atoms with Crippen molar-refractivity contribution in [2.24, 2.45) is 10.8 Å². The third-order valence-corrected chi connectivity index (χ3v) is 9.54. The first kappa shape index (κ1) is 23.3. The van der Waals surface area contributed by atoms with Crippen LogP contribution in [0.15, 0.2) is 30.6 Å². The van der Waals surface area contributed by atoms with Gasteiger partial charge in [-0.25, -0.2) is 8.42 Å². The van der Waals surface area contributed by atoms with Gasteiger partial charge in [0.1, 0.15) is 16.2 Å². The number of benzene rings is 1. The summed E-state index contributed by atoms with van der Waals surface area (Å²) in [4.78, 5) is 0. The largest absolute Gasteiger partial charge is 0.417 e. The predicted molar refractivity (Wildman–Crippen MR) is 117 cm³/mol. The monoisotopic (exact) mass is 469 g/mol. The van der Waals surface area contributed by atoms with E-state index in [9.17, 15) is 21.6 Å². The van der Waals surface area contributed by atoms with Gasteiger partial charge >= 0.3 is 6.18 Å². The summed E-state index contributed by atoms with van der Waals surface area (Å²) in [5, 5.41) is 7.98. The minimum atomic E-state index is -4.45. The van der Waals surface area contributed by atoms with Crippen molar-refractivity contribution in [1.82, 2.24) is 14.8 Å². The molecule has 3 fully saturated rings. The third-order valence-electron chi connectivity index (χ3n) is 7.75. The van der Waals surface area contributed by atoms with Gasteiger partial charge < -0.3 is 4.57 Å². The van der Waals surface area contributed by atoms with Crippen LogP contribution in [-0.4, -0.2) is 34.7 Å². The predicted octanol–water partition coefficient (Wildman–Crippen LogP) is 5.52. The van der Waals surface area contributed by atoms with Gasteiger partial charge in [0.05, 0.1) is 11.3 Å². The summed E-state index contributed by atoms with van der Waals surface area (Å²) in [7, 11) is -2.93. The second-order valence-corrected chi connectivity index (χ2v) is 12.1. The maximum atomic E-state index is 13.5. The zero-order valence-corrected chi connectivity index (χ0v) is 19.2. The minimum absolute atomic E-state index is 0.0432. The van der Waals surface area contributed by atoms with Crippen molar-refractivity contribution in [3.8, 4) is 11.4 Å². The van der Waals surface area contributed by atoms with Gasteiger partial charge in [0, 0.05) is 17.9 Å². The average molecular weight is 470 g/mol. The van der Waals surface area contributed by atoms with Crippen molar-refractivity contribution in [1.29, 1.82) is 0 Å². The Hall–Kier alpha value is -1.90. The molecule has 0 N–H and O–H groups in total. The highest BCUT2D eigenvalue weighted by molar-refractivity contribution is 7.91. The Morgan fingerprint density at radius 1 is 1.03 bits per heavy atom. The number of hydrogen-bond acceptors (Lipinski definition) is 4. The van der Waals surface area contributed by atoms with Crippen molar-refractivity contribution in [3.63, 3.8) is 0 Å². The van der Waals surface area contributed by atoms with Crippen LogP contribution in [0.4, 0.5) is 13.2 Å². The second-order valence-electron chi connectivity index (χ2n) is 9.67. The van der Waals surface area contributed by atoms with E-state index >= 15 is 0 Å². The molecule has 0 aliphatic heterocycles. The number of rotatable bonds is 8. The van der Waals surface area contributed by atoms with Crippen LogP contribution in [0, 0.1) is 10.8 Å². The lowest BCUT2D eigenvalue weighted by molar-refractivity contribution is -0.137. The third kappa shape index (κ3) is 4.72. The molecule has 0 amide bonds. The Balaban J connectivity index is 1.46. The van der Waals surface area contributed by atoms with Crippen LogP contribution in [0.3, 0.4) is 0 Å². The average Bonchev–Trinajstić information content (AvgIpc) is 3.22. The number of aromatic nitrogens is 3. The van der Waals surface area contributed by atoms with Crippen molar-refractivity contribution < 1.29 is 21.6 Å². The van der Waals surface area contributed by atoms with Gasteiger partial charge in [-0.15, -0.1) is 10.2 Å². The van der Waals surface area contributed by atoms with Crippen molar-refractivity contribution >= 4 is 9.84 Å². The zero-order valence-electron chi connectivity index (χ0n) is 18.4. The fourth-order valence-electron chi connectivity index (χ4n) is 5.63. The first-order valence-corrected chi connectivity index (χ1v) is 13.1. The molecule has 0 saturated heterocycles. The summed E-state index contributed by atoms with van der Waals surface area (Å²) < 4.78 is 66.0. The SMILES string of the molecule is CCS(=O)(=O)CCCC12CCC(Cn3cnnc3-c3ccccc3C(F)(F)F)(CC1)CC2. The number of hydrogen-bond donors (Lipinski definition) is 0. The van der Waals surface area contributed by atoms with Gasteiger partial charge in [-0.05, 0) is 68.3 Å². The van der Waals surface area contributed by atoms with E-state index in [4.69, 9.17) is 0 Å². The summed E-state index contributed by atoms with van der Waals surface area (Å²) in [6, 6.07) is 5.52. The van der Waals surface area contributed by atoms with Crippen LogP contribution in [0.25, 0.3) is 11.4 Å². The summed E-state index contributed by atoms with van der Waals surface area (Å²) >= 11 is 0. The molecule has 5 rings (SSSR count). The second kappa shape index (κ2) is 8.47. The van der Waals surface area contributed by atoms with E-state index in [1.165, 1.54) is 12.1 Å². The zero-order chi connectivity index (χ0) is 23.0. The molecule has 3 aliphatic carbocycles. The molecule has 0 atom stereocenters. The molecule has 3 saturated carbocycles. The lowest BCUT2D eigenvalue weighted by atomic mass is 9.52. The van der Waals surface area contributed by atoms with Gasteiger partial charge in [-0.1, -0.05) is 25.1 Å². The normalized spacial score (nSPS) is 25.9. The van der Waals surface area contributed by atoms with Crippen molar-refractivity contribution in [2.45, 2.75) is 71.0 Å². The lowest BCUT2D eigenvalue weighted by Gasteiger charge is -2.54. The number of fused-ring (bicyclic) bond motifs is 3.